The van der Waals surface area contributed by atoms with Crippen LogP contribution in [0.15, 0.2) is 4.52 Å². The maximum absolute atomic E-state index is 5.40. The molecule has 8 heteroatoms. The number of rotatable bonds is 4. The Labute approximate surface area is 134 Å². The monoisotopic (exact) mass is 322 g/mol. The van der Waals surface area contributed by atoms with Crippen LogP contribution >= 0.6 is 11.5 Å². The van der Waals surface area contributed by atoms with Crippen LogP contribution in [0.25, 0.3) is 0 Å². The Hall–Kier alpha value is -1.70. The van der Waals surface area contributed by atoms with Gasteiger partial charge in [-0.1, -0.05) is 13.8 Å². The minimum Gasteiger partial charge on any atom is -0.347 e. The van der Waals surface area contributed by atoms with E-state index < -0.39 is 0 Å². The first-order valence-electron chi connectivity index (χ1n) is 7.64. The van der Waals surface area contributed by atoms with E-state index in [2.05, 4.69) is 38.2 Å². The van der Waals surface area contributed by atoms with Gasteiger partial charge in [0, 0.05) is 50.6 Å². The first-order chi connectivity index (χ1) is 10.5. The highest BCUT2D eigenvalue weighted by molar-refractivity contribution is 7.09. The van der Waals surface area contributed by atoms with Crippen LogP contribution in [0.3, 0.4) is 0 Å². The summed E-state index contributed by atoms with van der Waals surface area (Å²) in [6.07, 6.45) is 2.01. The van der Waals surface area contributed by atoms with Crippen molar-refractivity contribution < 1.29 is 4.52 Å². The van der Waals surface area contributed by atoms with Crippen molar-refractivity contribution in [2.45, 2.75) is 38.5 Å². The predicted molar refractivity (Wildman–Crippen MR) is 86.8 cm³/mol. The molecule has 0 aliphatic carbocycles. The summed E-state index contributed by atoms with van der Waals surface area (Å²) in [5.74, 6) is 3.06. The molecule has 0 spiro atoms. The van der Waals surface area contributed by atoms with Crippen molar-refractivity contribution >= 4 is 22.6 Å². The van der Waals surface area contributed by atoms with Gasteiger partial charge >= 0.3 is 0 Å². The molecule has 1 saturated heterocycles. The van der Waals surface area contributed by atoms with E-state index in [1.165, 1.54) is 11.5 Å². The van der Waals surface area contributed by atoms with Crippen molar-refractivity contribution in [3.05, 3.63) is 11.7 Å². The maximum Gasteiger partial charge on any atom is 0.265 e. The van der Waals surface area contributed by atoms with E-state index in [9.17, 15) is 0 Å². The molecule has 0 amide bonds. The van der Waals surface area contributed by atoms with Crippen LogP contribution in [0.5, 0.6) is 0 Å². The smallest absolute Gasteiger partial charge is 0.265 e. The third-order valence-corrected chi connectivity index (χ3v) is 4.68. The van der Waals surface area contributed by atoms with E-state index in [0.29, 0.717) is 17.8 Å². The van der Waals surface area contributed by atoms with E-state index in [1.807, 2.05) is 19.0 Å². The Kier molecular flexibility index (Phi) is 4.28. The van der Waals surface area contributed by atoms with Crippen LogP contribution in [-0.4, -0.2) is 46.7 Å². The molecule has 1 aliphatic heterocycles. The summed E-state index contributed by atoms with van der Waals surface area (Å²) in [4.78, 5) is 13.3. The van der Waals surface area contributed by atoms with Crippen molar-refractivity contribution in [1.82, 2.24) is 19.5 Å². The van der Waals surface area contributed by atoms with Gasteiger partial charge in [-0.15, -0.1) is 0 Å². The number of aromatic nitrogens is 4. The summed E-state index contributed by atoms with van der Waals surface area (Å²) < 4.78 is 9.83. The molecule has 3 rings (SSSR count). The average Bonchev–Trinajstić information content (AvgIpc) is 3.17. The lowest BCUT2D eigenvalue weighted by Gasteiger charge is -2.29. The van der Waals surface area contributed by atoms with Gasteiger partial charge in [-0.2, -0.15) is 9.36 Å². The van der Waals surface area contributed by atoms with Crippen molar-refractivity contribution in [3.63, 3.8) is 0 Å². The lowest BCUT2D eigenvalue weighted by Crippen LogP contribution is -2.32. The number of hydrogen-bond acceptors (Lipinski definition) is 8. The minimum atomic E-state index is 0.343. The van der Waals surface area contributed by atoms with E-state index in [-0.39, 0.29) is 0 Å². The molecule has 7 nitrogen and oxygen atoms in total. The zero-order chi connectivity index (χ0) is 15.7. The van der Waals surface area contributed by atoms with Crippen molar-refractivity contribution in [2.75, 3.05) is 37.0 Å². The Morgan fingerprint density at radius 2 is 1.95 bits per heavy atom. The second-order valence-corrected chi connectivity index (χ2v) is 6.91. The van der Waals surface area contributed by atoms with Gasteiger partial charge in [0.2, 0.25) is 11.0 Å². The maximum atomic E-state index is 5.40. The van der Waals surface area contributed by atoms with Crippen molar-refractivity contribution in [1.29, 1.82) is 0 Å². The molecule has 0 saturated carbocycles. The molecular weight excluding hydrogens is 300 g/mol. The van der Waals surface area contributed by atoms with Crippen LogP contribution in [0.2, 0.25) is 0 Å². The van der Waals surface area contributed by atoms with Crippen molar-refractivity contribution in [3.8, 4) is 0 Å². The van der Waals surface area contributed by atoms with Gasteiger partial charge in [-0.25, -0.2) is 4.98 Å². The third-order valence-electron chi connectivity index (χ3n) is 3.89. The van der Waals surface area contributed by atoms with Gasteiger partial charge in [-0.05, 0) is 18.0 Å². The molecule has 120 valence electrons. The fourth-order valence-electron chi connectivity index (χ4n) is 2.48. The van der Waals surface area contributed by atoms with E-state index in [0.717, 1.165) is 42.8 Å². The standard InChI is InChI=1S/C14H22N6OS/c1-9(2)11-15-14(22-18-11)20-7-5-10(6-8-20)12-16-13(17-21-12)19(3)4/h9-10H,5-8H2,1-4H3. The molecule has 0 atom stereocenters. The number of hydrogen-bond donors (Lipinski definition) is 0. The number of anilines is 2. The largest absolute Gasteiger partial charge is 0.347 e. The Balaban J connectivity index is 1.61. The molecule has 1 fully saturated rings. The molecule has 1 aliphatic rings. The molecule has 2 aromatic heterocycles. The van der Waals surface area contributed by atoms with Crippen LogP contribution < -0.4 is 9.80 Å². The van der Waals surface area contributed by atoms with E-state index >= 15 is 0 Å². The van der Waals surface area contributed by atoms with Gasteiger partial charge in [0.15, 0.2) is 0 Å². The lowest BCUT2D eigenvalue weighted by atomic mass is 9.97. The van der Waals surface area contributed by atoms with Gasteiger partial charge in [0.05, 0.1) is 0 Å². The summed E-state index contributed by atoms with van der Waals surface area (Å²) in [5, 5.41) is 5.03. The van der Waals surface area contributed by atoms with Crippen LogP contribution in [0.1, 0.15) is 50.2 Å². The average molecular weight is 322 g/mol. The second kappa shape index (κ2) is 6.20. The van der Waals surface area contributed by atoms with Crippen LogP contribution in [0, 0.1) is 0 Å². The minimum absolute atomic E-state index is 0.343. The summed E-state index contributed by atoms with van der Waals surface area (Å²) in [6, 6.07) is 0. The fourth-order valence-corrected chi connectivity index (χ4v) is 3.34. The molecule has 0 aromatic carbocycles. The normalized spacial score (nSPS) is 16.5. The van der Waals surface area contributed by atoms with Crippen LogP contribution in [-0.2, 0) is 0 Å². The fraction of sp³-hybridized carbons (Fsp3) is 0.714. The summed E-state index contributed by atoms with van der Waals surface area (Å²) >= 11 is 1.50. The quantitative estimate of drug-likeness (QED) is 0.856. The number of piperidine rings is 1. The molecular formula is C14H22N6OS. The Bertz CT molecular complexity index is 560. The molecule has 22 heavy (non-hydrogen) atoms. The highest BCUT2D eigenvalue weighted by Crippen LogP contribution is 2.31. The second-order valence-electron chi connectivity index (χ2n) is 6.18. The highest BCUT2D eigenvalue weighted by atomic mass is 32.1. The first kappa shape index (κ1) is 15.2. The summed E-state index contributed by atoms with van der Waals surface area (Å²) in [7, 11) is 3.83. The first-order valence-corrected chi connectivity index (χ1v) is 8.41. The molecule has 2 aromatic rings. The van der Waals surface area contributed by atoms with E-state index in [4.69, 9.17) is 4.52 Å². The van der Waals surface area contributed by atoms with Crippen LogP contribution in [0.4, 0.5) is 11.1 Å². The molecule has 0 unspecified atom stereocenters. The summed E-state index contributed by atoms with van der Waals surface area (Å²) in [6.45, 7) is 6.15. The molecule has 3 heterocycles. The zero-order valence-electron chi connectivity index (χ0n) is 13.5. The number of nitrogens with zero attached hydrogens (tertiary/aromatic N) is 6. The lowest BCUT2D eigenvalue weighted by molar-refractivity contribution is 0.329. The molecule has 0 bridgehead atoms. The van der Waals surface area contributed by atoms with E-state index in [1.54, 1.807) is 0 Å². The highest BCUT2D eigenvalue weighted by Gasteiger charge is 2.27. The SMILES string of the molecule is CC(C)c1nsc(N2CCC(c3nc(N(C)C)no3)CC2)n1. The van der Waals surface area contributed by atoms with Gasteiger partial charge < -0.3 is 14.3 Å². The van der Waals surface area contributed by atoms with Crippen molar-refractivity contribution in [2.24, 2.45) is 0 Å². The molecule has 0 radical (unpaired) electrons. The van der Waals surface area contributed by atoms with Gasteiger partial charge in [-0.3, -0.25) is 0 Å². The molecule has 0 N–H and O–H groups in total. The summed E-state index contributed by atoms with van der Waals surface area (Å²) in [5.41, 5.74) is 0. The predicted octanol–water partition coefficient (Wildman–Crippen LogP) is 2.49. The van der Waals surface area contributed by atoms with Gasteiger partial charge in [0.25, 0.3) is 5.95 Å². The third kappa shape index (κ3) is 3.06. The topological polar surface area (TPSA) is 71.2 Å². The Morgan fingerprint density at radius 1 is 1.23 bits per heavy atom. The zero-order valence-corrected chi connectivity index (χ0v) is 14.3. The Morgan fingerprint density at radius 3 is 2.50 bits per heavy atom. The van der Waals surface area contributed by atoms with Gasteiger partial charge in [0.1, 0.15) is 5.82 Å².